The van der Waals surface area contributed by atoms with E-state index in [1.807, 2.05) is 24.3 Å². The summed E-state index contributed by atoms with van der Waals surface area (Å²) >= 11 is 3.46. The van der Waals surface area contributed by atoms with Gasteiger partial charge in [0, 0.05) is 16.6 Å². The van der Waals surface area contributed by atoms with Crippen LogP contribution in [-0.2, 0) is 0 Å². The van der Waals surface area contributed by atoms with Gasteiger partial charge in [-0.15, -0.1) is 0 Å². The maximum atomic E-state index is 11.9. The van der Waals surface area contributed by atoms with Crippen molar-refractivity contribution in [3.05, 3.63) is 46.8 Å². The smallest absolute Gasteiger partial charge is 0.270 e. The van der Waals surface area contributed by atoms with Crippen LogP contribution in [-0.4, -0.2) is 21.9 Å². The number of halogens is 1. The molecule has 0 radical (unpaired) electrons. The molecular formula is C14H13BrN4O. The van der Waals surface area contributed by atoms with E-state index in [9.17, 15) is 4.79 Å². The molecule has 6 heteroatoms. The molecule has 1 aromatic heterocycles. The maximum Gasteiger partial charge on any atom is 0.270 e. The first-order chi connectivity index (χ1) is 9.72. The van der Waals surface area contributed by atoms with Crippen LogP contribution in [0, 0.1) is 0 Å². The molecule has 0 saturated heterocycles. The molecule has 1 aliphatic carbocycles. The molecule has 102 valence electrons. The van der Waals surface area contributed by atoms with Gasteiger partial charge in [-0.1, -0.05) is 12.1 Å². The summed E-state index contributed by atoms with van der Waals surface area (Å²) < 4.78 is 0.933. The van der Waals surface area contributed by atoms with E-state index in [1.165, 1.54) is 6.33 Å². The van der Waals surface area contributed by atoms with E-state index in [4.69, 9.17) is 0 Å². The first kappa shape index (κ1) is 13.1. The lowest BCUT2D eigenvalue weighted by Gasteiger charge is -2.08. The second-order valence-corrected chi connectivity index (χ2v) is 5.50. The summed E-state index contributed by atoms with van der Waals surface area (Å²) in [5.74, 6) is 0.443. The monoisotopic (exact) mass is 332 g/mol. The van der Waals surface area contributed by atoms with Crippen molar-refractivity contribution in [1.29, 1.82) is 0 Å². The molecule has 2 aromatic rings. The molecule has 0 bridgehead atoms. The third-order valence-corrected chi connectivity index (χ3v) is 3.64. The Balaban J connectivity index is 1.77. The van der Waals surface area contributed by atoms with Gasteiger partial charge < -0.3 is 10.6 Å². The normalized spacial score (nSPS) is 13.8. The zero-order chi connectivity index (χ0) is 13.9. The van der Waals surface area contributed by atoms with E-state index < -0.39 is 0 Å². The number of hydrogen-bond acceptors (Lipinski definition) is 4. The van der Waals surface area contributed by atoms with E-state index in [2.05, 4.69) is 36.5 Å². The molecule has 1 fully saturated rings. The fourth-order valence-electron chi connectivity index (χ4n) is 1.74. The Morgan fingerprint density at radius 3 is 2.80 bits per heavy atom. The number of amides is 1. The minimum absolute atomic E-state index is 0.148. The van der Waals surface area contributed by atoms with Gasteiger partial charge in [-0.2, -0.15) is 0 Å². The van der Waals surface area contributed by atoms with E-state index >= 15 is 0 Å². The molecule has 20 heavy (non-hydrogen) atoms. The highest BCUT2D eigenvalue weighted by Crippen LogP contribution is 2.24. The minimum Gasteiger partial charge on any atom is -0.348 e. The lowest BCUT2D eigenvalue weighted by molar-refractivity contribution is 0.0946. The average Bonchev–Trinajstić information content (AvgIpc) is 3.26. The summed E-state index contributed by atoms with van der Waals surface area (Å²) in [6, 6.07) is 9.69. The van der Waals surface area contributed by atoms with Gasteiger partial charge in [0.1, 0.15) is 17.8 Å². The van der Waals surface area contributed by atoms with Crippen LogP contribution in [0.5, 0.6) is 0 Å². The fourth-order valence-corrected chi connectivity index (χ4v) is 2.12. The third kappa shape index (κ3) is 3.14. The number of hydrogen-bond donors (Lipinski definition) is 2. The highest BCUT2D eigenvalue weighted by atomic mass is 79.9. The zero-order valence-electron chi connectivity index (χ0n) is 10.6. The van der Waals surface area contributed by atoms with Crippen molar-refractivity contribution in [2.45, 2.75) is 18.9 Å². The zero-order valence-corrected chi connectivity index (χ0v) is 12.2. The van der Waals surface area contributed by atoms with Gasteiger partial charge in [-0.3, -0.25) is 4.79 Å². The van der Waals surface area contributed by atoms with Crippen LogP contribution in [0.2, 0.25) is 0 Å². The van der Waals surface area contributed by atoms with Crippen molar-refractivity contribution in [2.24, 2.45) is 0 Å². The number of benzene rings is 1. The van der Waals surface area contributed by atoms with Gasteiger partial charge in [0.25, 0.3) is 5.91 Å². The van der Waals surface area contributed by atoms with Crippen molar-refractivity contribution in [1.82, 2.24) is 15.3 Å². The molecule has 1 amide bonds. The Morgan fingerprint density at radius 2 is 2.05 bits per heavy atom. The predicted octanol–water partition coefficient (Wildman–Crippen LogP) is 2.87. The molecule has 0 unspecified atom stereocenters. The van der Waals surface area contributed by atoms with Gasteiger partial charge in [-0.25, -0.2) is 9.97 Å². The summed E-state index contributed by atoms with van der Waals surface area (Å²) in [5.41, 5.74) is 1.27. The van der Waals surface area contributed by atoms with Crippen LogP contribution in [0.4, 0.5) is 11.5 Å². The highest BCUT2D eigenvalue weighted by molar-refractivity contribution is 9.10. The summed E-state index contributed by atoms with van der Waals surface area (Å²) in [6.07, 6.45) is 3.50. The molecule has 5 nitrogen and oxygen atoms in total. The Bertz CT molecular complexity index is 643. The number of aromatic nitrogens is 2. The molecule has 0 atom stereocenters. The van der Waals surface area contributed by atoms with Crippen LogP contribution in [0.1, 0.15) is 23.3 Å². The topological polar surface area (TPSA) is 66.9 Å². The standard InChI is InChI=1S/C14H13BrN4O/c15-10-3-1-2-4-11(10)19-13-7-12(16-8-17-13)14(20)18-9-5-6-9/h1-4,7-9H,5-6H2,(H,18,20)(H,16,17,19). The largest absolute Gasteiger partial charge is 0.348 e. The molecule has 0 aliphatic heterocycles. The van der Waals surface area contributed by atoms with Crippen LogP contribution in [0.25, 0.3) is 0 Å². The van der Waals surface area contributed by atoms with Gasteiger partial charge in [0.05, 0.1) is 5.69 Å². The van der Waals surface area contributed by atoms with E-state index in [0.717, 1.165) is 23.0 Å². The second-order valence-electron chi connectivity index (χ2n) is 4.64. The molecule has 1 aliphatic rings. The summed E-state index contributed by atoms with van der Waals surface area (Å²) in [5, 5.41) is 6.06. The fraction of sp³-hybridized carbons (Fsp3) is 0.214. The number of nitrogens with one attached hydrogen (secondary N) is 2. The Kier molecular flexibility index (Phi) is 3.64. The van der Waals surface area contributed by atoms with Crippen LogP contribution >= 0.6 is 15.9 Å². The van der Waals surface area contributed by atoms with E-state index in [0.29, 0.717) is 17.6 Å². The van der Waals surface area contributed by atoms with Crippen LogP contribution in [0.3, 0.4) is 0 Å². The van der Waals surface area contributed by atoms with Crippen LogP contribution < -0.4 is 10.6 Å². The molecule has 1 saturated carbocycles. The van der Waals surface area contributed by atoms with Crippen molar-refractivity contribution in [3.63, 3.8) is 0 Å². The third-order valence-electron chi connectivity index (χ3n) is 2.95. The summed E-state index contributed by atoms with van der Waals surface area (Å²) in [7, 11) is 0. The lowest BCUT2D eigenvalue weighted by atomic mass is 10.3. The summed E-state index contributed by atoms with van der Waals surface area (Å²) in [4.78, 5) is 20.1. The summed E-state index contributed by atoms with van der Waals surface area (Å²) in [6.45, 7) is 0. The van der Waals surface area contributed by atoms with Gasteiger partial charge in [-0.05, 0) is 40.9 Å². The Morgan fingerprint density at radius 1 is 1.25 bits per heavy atom. The SMILES string of the molecule is O=C(NC1CC1)c1cc(Nc2ccccc2Br)ncn1. The lowest BCUT2D eigenvalue weighted by Crippen LogP contribution is -2.26. The van der Waals surface area contributed by atoms with Gasteiger partial charge in [0.15, 0.2) is 0 Å². The Hall–Kier alpha value is -1.95. The predicted molar refractivity (Wildman–Crippen MR) is 79.9 cm³/mol. The highest BCUT2D eigenvalue weighted by Gasteiger charge is 2.24. The quantitative estimate of drug-likeness (QED) is 0.903. The molecule has 3 rings (SSSR count). The van der Waals surface area contributed by atoms with Crippen molar-refractivity contribution >= 4 is 33.3 Å². The molecule has 0 spiro atoms. The van der Waals surface area contributed by atoms with Crippen LogP contribution in [0.15, 0.2) is 41.1 Å². The van der Waals surface area contributed by atoms with Gasteiger partial charge >= 0.3 is 0 Å². The number of carbonyl (C=O) groups excluding carboxylic acids is 1. The number of anilines is 2. The minimum atomic E-state index is -0.148. The van der Waals surface area contributed by atoms with Crippen molar-refractivity contribution < 1.29 is 4.79 Å². The van der Waals surface area contributed by atoms with E-state index in [-0.39, 0.29) is 5.91 Å². The number of para-hydroxylation sites is 1. The Labute approximate surface area is 125 Å². The van der Waals surface area contributed by atoms with Crippen molar-refractivity contribution in [2.75, 3.05) is 5.32 Å². The second kappa shape index (κ2) is 5.58. The first-order valence-corrected chi connectivity index (χ1v) is 7.16. The molecule has 1 aromatic carbocycles. The van der Waals surface area contributed by atoms with E-state index in [1.54, 1.807) is 6.07 Å². The first-order valence-electron chi connectivity index (χ1n) is 6.37. The molecule has 1 heterocycles. The molecular weight excluding hydrogens is 320 g/mol. The maximum absolute atomic E-state index is 11.9. The van der Waals surface area contributed by atoms with Crippen molar-refractivity contribution in [3.8, 4) is 0 Å². The number of nitrogens with zero attached hydrogens (tertiary/aromatic N) is 2. The average molecular weight is 333 g/mol. The number of carbonyl (C=O) groups is 1. The molecule has 2 N–H and O–H groups in total. The van der Waals surface area contributed by atoms with Gasteiger partial charge in [0.2, 0.25) is 0 Å². The number of rotatable bonds is 4.